The fourth-order valence-electron chi connectivity index (χ4n) is 3.47. The van der Waals surface area contributed by atoms with Crippen LogP contribution in [0.2, 0.25) is 0 Å². The van der Waals surface area contributed by atoms with Crippen molar-refractivity contribution < 1.29 is 4.74 Å². The maximum absolute atomic E-state index is 5.45. The lowest BCUT2D eigenvalue weighted by Gasteiger charge is -2.29. The van der Waals surface area contributed by atoms with E-state index in [2.05, 4.69) is 52.2 Å². The Morgan fingerprint density at radius 2 is 1.96 bits per heavy atom. The Morgan fingerprint density at radius 1 is 1.15 bits per heavy atom. The van der Waals surface area contributed by atoms with Crippen molar-refractivity contribution in [2.45, 2.75) is 46.2 Å². The number of hydrogen-bond acceptors (Lipinski definition) is 6. The van der Waals surface area contributed by atoms with E-state index in [1.54, 1.807) is 7.11 Å². The predicted molar refractivity (Wildman–Crippen MR) is 106 cm³/mol. The van der Waals surface area contributed by atoms with Crippen molar-refractivity contribution in [2.75, 3.05) is 20.2 Å². The van der Waals surface area contributed by atoms with Gasteiger partial charge in [-0.1, -0.05) is 27.2 Å². The number of unbranched alkanes of at least 4 members (excludes halogenated alkanes) is 1. The van der Waals surface area contributed by atoms with Gasteiger partial charge >= 0.3 is 0 Å². The summed E-state index contributed by atoms with van der Waals surface area (Å²) in [7, 11) is 1.68. The number of aryl methyl sites for hydroxylation is 1. The van der Waals surface area contributed by atoms with Crippen LogP contribution in [0, 0.1) is 0 Å². The number of tetrazole rings is 1. The number of rotatable bonds is 9. The first-order chi connectivity index (χ1) is 13.2. The van der Waals surface area contributed by atoms with E-state index in [1.807, 2.05) is 29.1 Å². The number of pyridine rings is 1. The zero-order valence-corrected chi connectivity index (χ0v) is 16.6. The zero-order valence-electron chi connectivity index (χ0n) is 16.6. The third-order valence-corrected chi connectivity index (χ3v) is 4.98. The molecule has 7 heteroatoms. The van der Waals surface area contributed by atoms with Crippen LogP contribution in [0.4, 0.5) is 0 Å². The molecule has 1 unspecified atom stereocenters. The van der Waals surface area contributed by atoms with Crippen molar-refractivity contribution in [3.05, 3.63) is 41.9 Å². The van der Waals surface area contributed by atoms with Gasteiger partial charge in [0.2, 0.25) is 0 Å². The molecule has 27 heavy (non-hydrogen) atoms. The molecule has 3 rings (SSSR count). The minimum Gasteiger partial charge on any atom is -0.497 e. The summed E-state index contributed by atoms with van der Waals surface area (Å²) in [5.41, 5.74) is 2.09. The van der Waals surface area contributed by atoms with Gasteiger partial charge in [-0.2, -0.15) is 0 Å². The van der Waals surface area contributed by atoms with E-state index >= 15 is 0 Å². The number of fused-ring (bicyclic) bond motifs is 1. The Hall–Kier alpha value is -2.54. The van der Waals surface area contributed by atoms with Gasteiger partial charge in [-0.3, -0.25) is 9.88 Å². The lowest BCUT2D eigenvalue weighted by Crippen LogP contribution is -2.32. The Balaban J connectivity index is 2.18. The lowest BCUT2D eigenvalue weighted by atomic mass is 9.99. The molecule has 1 aromatic carbocycles. The molecule has 0 saturated heterocycles. The smallest absolute Gasteiger partial charge is 0.173 e. The molecule has 144 valence electrons. The normalized spacial score (nSPS) is 12.6. The number of benzene rings is 1. The fourth-order valence-corrected chi connectivity index (χ4v) is 3.47. The summed E-state index contributed by atoms with van der Waals surface area (Å²) >= 11 is 0. The van der Waals surface area contributed by atoms with E-state index in [0.717, 1.165) is 60.5 Å². The van der Waals surface area contributed by atoms with Gasteiger partial charge in [0.25, 0.3) is 0 Å². The zero-order chi connectivity index (χ0) is 19.2. The third kappa shape index (κ3) is 3.93. The molecule has 0 aliphatic heterocycles. The second-order valence-corrected chi connectivity index (χ2v) is 6.52. The highest BCUT2D eigenvalue weighted by Gasteiger charge is 2.28. The molecule has 0 bridgehead atoms. The van der Waals surface area contributed by atoms with Crippen molar-refractivity contribution in [3.8, 4) is 5.75 Å². The third-order valence-electron chi connectivity index (χ3n) is 4.98. The van der Waals surface area contributed by atoms with Crippen LogP contribution < -0.4 is 4.74 Å². The molecule has 0 spiro atoms. The van der Waals surface area contributed by atoms with Crippen LogP contribution in [0.25, 0.3) is 10.9 Å². The van der Waals surface area contributed by atoms with E-state index in [1.165, 1.54) is 0 Å². The number of aromatic nitrogens is 5. The highest BCUT2D eigenvalue weighted by molar-refractivity contribution is 5.84. The summed E-state index contributed by atoms with van der Waals surface area (Å²) in [5, 5.41) is 13.7. The number of hydrogen-bond donors (Lipinski definition) is 0. The minimum atomic E-state index is -0.0375. The fraction of sp³-hybridized carbons (Fsp3) is 0.500. The number of methoxy groups -OCH3 is 1. The molecule has 2 aromatic heterocycles. The molecule has 0 aliphatic carbocycles. The largest absolute Gasteiger partial charge is 0.497 e. The number of ether oxygens (including phenoxy) is 1. The molecule has 7 nitrogen and oxygen atoms in total. The van der Waals surface area contributed by atoms with Gasteiger partial charge in [-0.05, 0) is 59.8 Å². The van der Waals surface area contributed by atoms with Crippen LogP contribution in [-0.4, -0.2) is 50.3 Å². The SMILES string of the molecule is CCCCn1nnnc1C(c1ccnc2ccc(OC)cc12)N(CC)CC. The quantitative estimate of drug-likeness (QED) is 0.576. The standard InChI is InChI=1S/C20H28N6O/c1-5-8-13-26-20(22-23-24-26)19(25(6-2)7-3)16-11-12-21-18-10-9-15(27-4)14-17(16)18/h9-12,14,19H,5-8,13H2,1-4H3. The van der Waals surface area contributed by atoms with Gasteiger partial charge in [0.15, 0.2) is 5.82 Å². The topological polar surface area (TPSA) is 69.0 Å². The van der Waals surface area contributed by atoms with Crippen LogP contribution in [0.15, 0.2) is 30.5 Å². The molecule has 0 fully saturated rings. The number of nitrogens with zero attached hydrogens (tertiary/aromatic N) is 6. The highest BCUT2D eigenvalue weighted by Crippen LogP contribution is 2.33. The average Bonchev–Trinajstić information content (AvgIpc) is 3.17. The van der Waals surface area contributed by atoms with Crippen molar-refractivity contribution in [2.24, 2.45) is 0 Å². The summed E-state index contributed by atoms with van der Waals surface area (Å²) in [6, 6.07) is 8.02. The van der Waals surface area contributed by atoms with Gasteiger partial charge in [0.1, 0.15) is 5.75 Å². The van der Waals surface area contributed by atoms with Crippen LogP contribution in [-0.2, 0) is 6.54 Å². The molecule has 0 N–H and O–H groups in total. The maximum Gasteiger partial charge on any atom is 0.173 e. The van der Waals surface area contributed by atoms with Gasteiger partial charge in [0, 0.05) is 18.1 Å². The molecule has 2 heterocycles. The maximum atomic E-state index is 5.45. The molecule has 0 amide bonds. The van der Waals surface area contributed by atoms with Crippen LogP contribution in [0.1, 0.15) is 51.0 Å². The summed E-state index contributed by atoms with van der Waals surface area (Å²) in [6.07, 6.45) is 4.01. The Labute approximate surface area is 160 Å². The van der Waals surface area contributed by atoms with Crippen molar-refractivity contribution in [3.63, 3.8) is 0 Å². The molecular weight excluding hydrogens is 340 g/mol. The minimum absolute atomic E-state index is 0.0375. The van der Waals surface area contributed by atoms with Crippen molar-refractivity contribution >= 4 is 10.9 Å². The van der Waals surface area contributed by atoms with E-state index in [9.17, 15) is 0 Å². The average molecular weight is 368 g/mol. The molecule has 3 aromatic rings. The Morgan fingerprint density at radius 3 is 2.67 bits per heavy atom. The monoisotopic (exact) mass is 368 g/mol. The highest BCUT2D eigenvalue weighted by atomic mass is 16.5. The Bertz CT molecular complexity index is 874. The first-order valence-corrected chi connectivity index (χ1v) is 9.66. The van der Waals surface area contributed by atoms with E-state index < -0.39 is 0 Å². The second kappa shape index (κ2) is 8.90. The summed E-state index contributed by atoms with van der Waals surface area (Å²) < 4.78 is 7.39. The van der Waals surface area contributed by atoms with Crippen molar-refractivity contribution in [1.82, 2.24) is 30.1 Å². The molecule has 1 atom stereocenters. The van der Waals surface area contributed by atoms with Gasteiger partial charge in [0.05, 0.1) is 18.7 Å². The van der Waals surface area contributed by atoms with E-state index in [0.29, 0.717) is 0 Å². The van der Waals surface area contributed by atoms with Gasteiger partial charge in [-0.25, -0.2) is 4.68 Å². The van der Waals surface area contributed by atoms with E-state index in [-0.39, 0.29) is 6.04 Å². The Kier molecular flexibility index (Phi) is 6.34. The summed E-state index contributed by atoms with van der Waals surface area (Å²) in [6.45, 7) is 9.13. The predicted octanol–water partition coefficient (Wildman–Crippen LogP) is 3.46. The summed E-state index contributed by atoms with van der Waals surface area (Å²) in [4.78, 5) is 6.91. The molecule has 0 radical (unpaired) electrons. The molecular formula is C20H28N6O. The molecule has 0 saturated carbocycles. The second-order valence-electron chi connectivity index (χ2n) is 6.52. The van der Waals surface area contributed by atoms with Crippen LogP contribution in [0.5, 0.6) is 5.75 Å². The van der Waals surface area contributed by atoms with Gasteiger partial charge < -0.3 is 4.74 Å². The van der Waals surface area contributed by atoms with E-state index in [4.69, 9.17) is 4.74 Å². The van der Waals surface area contributed by atoms with Gasteiger partial charge in [-0.15, -0.1) is 5.10 Å². The van der Waals surface area contributed by atoms with Crippen molar-refractivity contribution in [1.29, 1.82) is 0 Å². The van der Waals surface area contributed by atoms with Crippen LogP contribution >= 0.6 is 0 Å². The van der Waals surface area contributed by atoms with Crippen LogP contribution in [0.3, 0.4) is 0 Å². The lowest BCUT2D eigenvalue weighted by molar-refractivity contribution is 0.236. The molecule has 0 aliphatic rings. The first kappa shape index (κ1) is 19.2. The first-order valence-electron chi connectivity index (χ1n) is 9.66. The summed E-state index contributed by atoms with van der Waals surface area (Å²) in [5.74, 6) is 1.70.